The first-order chi connectivity index (χ1) is 10.6. The third kappa shape index (κ3) is 3.94. The number of amides is 1. The molecule has 1 fully saturated rings. The normalized spacial score (nSPS) is 16.1. The summed E-state index contributed by atoms with van der Waals surface area (Å²) < 4.78 is 1.03. The van der Waals surface area contributed by atoms with E-state index in [1.807, 2.05) is 54.6 Å². The van der Waals surface area contributed by atoms with Crippen LogP contribution < -0.4 is 11.1 Å². The summed E-state index contributed by atoms with van der Waals surface area (Å²) in [6.07, 6.45) is 1.81. The van der Waals surface area contributed by atoms with E-state index >= 15 is 0 Å². The zero-order valence-electron chi connectivity index (χ0n) is 12.7. The Balaban J connectivity index is 0.00000192. The van der Waals surface area contributed by atoms with Gasteiger partial charge in [0.15, 0.2) is 0 Å². The van der Waals surface area contributed by atoms with E-state index in [2.05, 4.69) is 21.2 Å². The molecule has 2 aromatic rings. The summed E-state index contributed by atoms with van der Waals surface area (Å²) in [5, 5.41) is 3.02. The molecule has 5 heteroatoms. The summed E-state index contributed by atoms with van der Waals surface area (Å²) in [7, 11) is 0. The highest BCUT2D eigenvalue weighted by molar-refractivity contribution is 9.10. The van der Waals surface area contributed by atoms with Crippen LogP contribution in [0.1, 0.15) is 30.0 Å². The second kappa shape index (κ2) is 7.47. The van der Waals surface area contributed by atoms with Crippen LogP contribution >= 0.6 is 28.3 Å². The smallest absolute Gasteiger partial charge is 0.230 e. The number of hydrogen-bond donors (Lipinski definition) is 2. The van der Waals surface area contributed by atoms with E-state index in [0.29, 0.717) is 6.54 Å². The van der Waals surface area contributed by atoms with E-state index in [0.717, 1.165) is 28.4 Å². The number of benzene rings is 2. The predicted molar refractivity (Wildman–Crippen MR) is 98.7 cm³/mol. The molecule has 3 nitrogen and oxygen atoms in total. The van der Waals surface area contributed by atoms with Gasteiger partial charge in [-0.2, -0.15) is 0 Å². The minimum atomic E-state index is -0.350. The van der Waals surface area contributed by atoms with Crippen molar-refractivity contribution in [2.24, 2.45) is 5.73 Å². The molecule has 0 bridgehead atoms. The minimum Gasteiger partial charge on any atom is -0.353 e. The van der Waals surface area contributed by atoms with Crippen LogP contribution in [0.25, 0.3) is 0 Å². The number of nitrogens with one attached hydrogen (secondary N) is 1. The first-order valence-electron chi connectivity index (χ1n) is 7.47. The van der Waals surface area contributed by atoms with E-state index in [1.165, 1.54) is 0 Å². The van der Waals surface area contributed by atoms with Gasteiger partial charge in [0.2, 0.25) is 5.91 Å². The van der Waals surface area contributed by atoms with Crippen molar-refractivity contribution in [2.75, 3.05) is 6.54 Å². The monoisotopic (exact) mass is 394 g/mol. The highest BCUT2D eigenvalue weighted by Gasteiger charge is 2.51. The van der Waals surface area contributed by atoms with Crippen LogP contribution in [0.3, 0.4) is 0 Å². The van der Waals surface area contributed by atoms with Crippen LogP contribution in [-0.2, 0) is 10.2 Å². The van der Waals surface area contributed by atoms with Crippen molar-refractivity contribution in [1.29, 1.82) is 0 Å². The van der Waals surface area contributed by atoms with Crippen LogP contribution in [0.15, 0.2) is 59.1 Å². The third-order valence-corrected chi connectivity index (χ3v) is 4.82. The molecule has 1 unspecified atom stereocenters. The van der Waals surface area contributed by atoms with Gasteiger partial charge in [-0.15, -0.1) is 12.4 Å². The van der Waals surface area contributed by atoms with Crippen LogP contribution in [0, 0.1) is 0 Å². The molecule has 0 saturated heterocycles. The molecule has 23 heavy (non-hydrogen) atoms. The van der Waals surface area contributed by atoms with Gasteiger partial charge in [0.1, 0.15) is 0 Å². The molecule has 0 aromatic heterocycles. The molecule has 1 aliphatic rings. The lowest BCUT2D eigenvalue weighted by Gasteiger charge is -2.18. The fourth-order valence-corrected chi connectivity index (χ4v) is 3.00. The van der Waals surface area contributed by atoms with Crippen LogP contribution in [0.4, 0.5) is 0 Å². The second-order valence-corrected chi connectivity index (χ2v) is 6.73. The highest BCUT2D eigenvalue weighted by Crippen LogP contribution is 2.48. The zero-order valence-corrected chi connectivity index (χ0v) is 15.1. The largest absolute Gasteiger partial charge is 0.353 e. The Morgan fingerprint density at radius 1 is 1.13 bits per heavy atom. The van der Waals surface area contributed by atoms with E-state index in [1.54, 1.807) is 0 Å². The molecular formula is C18H20BrClN2O. The molecule has 0 radical (unpaired) electrons. The third-order valence-electron chi connectivity index (χ3n) is 4.29. The SMILES string of the molecule is Cl.NC(CNC(=O)C1(c2ccc(Br)cc2)CC1)c1ccccc1. The minimum absolute atomic E-state index is 0. The Morgan fingerprint density at radius 3 is 2.30 bits per heavy atom. The Bertz CT molecular complexity index is 656. The predicted octanol–water partition coefficient (Wildman–Crippen LogP) is 3.72. The van der Waals surface area contributed by atoms with E-state index in [-0.39, 0.29) is 29.8 Å². The van der Waals surface area contributed by atoms with Gasteiger partial charge in [0.25, 0.3) is 0 Å². The lowest BCUT2D eigenvalue weighted by molar-refractivity contribution is -0.123. The second-order valence-electron chi connectivity index (χ2n) is 5.82. The molecule has 3 rings (SSSR count). The van der Waals surface area contributed by atoms with Gasteiger partial charge in [-0.3, -0.25) is 4.79 Å². The standard InChI is InChI=1S/C18H19BrN2O.ClH/c19-15-8-6-14(7-9-15)18(10-11-18)17(22)21-12-16(20)13-4-2-1-3-5-13;/h1-9,16H,10-12,20H2,(H,21,22);1H. The maximum absolute atomic E-state index is 12.6. The summed E-state index contributed by atoms with van der Waals surface area (Å²) in [4.78, 5) is 12.6. The van der Waals surface area contributed by atoms with Gasteiger partial charge >= 0.3 is 0 Å². The molecule has 0 aliphatic heterocycles. The summed E-state index contributed by atoms with van der Waals surface area (Å²) in [6, 6.07) is 17.7. The molecule has 0 spiro atoms. The molecule has 0 heterocycles. The Hall–Kier alpha value is -1.36. The van der Waals surface area contributed by atoms with Gasteiger partial charge in [0, 0.05) is 17.1 Å². The molecule has 122 valence electrons. The number of halogens is 2. The van der Waals surface area contributed by atoms with Gasteiger partial charge in [-0.1, -0.05) is 58.4 Å². The fourth-order valence-electron chi connectivity index (χ4n) is 2.73. The van der Waals surface area contributed by atoms with Crippen molar-refractivity contribution in [2.45, 2.75) is 24.3 Å². The molecule has 2 aromatic carbocycles. The molecule has 1 saturated carbocycles. The van der Waals surface area contributed by atoms with Crippen molar-refractivity contribution < 1.29 is 4.79 Å². The molecular weight excluding hydrogens is 376 g/mol. The zero-order chi connectivity index (χ0) is 15.6. The topological polar surface area (TPSA) is 55.1 Å². The van der Waals surface area contributed by atoms with Crippen LogP contribution in [0.5, 0.6) is 0 Å². The van der Waals surface area contributed by atoms with Crippen LogP contribution in [-0.4, -0.2) is 12.5 Å². The van der Waals surface area contributed by atoms with Crippen LogP contribution in [0.2, 0.25) is 0 Å². The summed E-state index contributed by atoms with van der Waals surface area (Å²) in [5.41, 5.74) is 7.92. The lowest BCUT2D eigenvalue weighted by atomic mass is 9.95. The van der Waals surface area contributed by atoms with E-state index in [9.17, 15) is 4.79 Å². The fraction of sp³-hybridized carbons (Fsp3) is 0.278. The molecule has 1 aliphatic carbocycles. The van der Waals surface area contributed by atoms with Crippen molar-refractivity contribution >= 4 is 34.2 Å². The van der Waals surface area contributed by atoms with Gasteiger partial charge in [0.05, 0.1) is 5.41 Å². The van der Waals surface area contributed by atoms with E-state index < -0.39 is 0 Å². The van der Waals surface area contributed by atoms with Crippen molar-refractivity contribution in [3.05, 3.63) is 70.2 Å². The number of rotatable bonds is 5. The molecule has 1 atom stereocenters. The highest BCUT2D eigenvalue weighted by atomic mass is 79.9. The van der Waals surface area contributed by atoms with Crippen molar-refractivity contribution in [3.8, 4) is 0 Å². The number of carbonyl (C=O) groups is 1. The van der Waals surface area contributed by atoms with Gasteiger partial charge in [-0.25, -0.2) is 0 Å². The number of nitrogens with two attached hydrogens (primary N) is 1. The Labute approximate surface area is 151 Å². The van der Waals surface area contributed by atoms with E-state index in [4.69, 9.17) is 5.73 Å². The summed E-state index contributed by atoms with van der Waals surface area (Å²) >= 11 is 3.43. The van der Waals surface area contributed by atoms with Gasteiger partial charge in [-0.05, 0) is 36.1 Å². The van der Waals surface area contributed by atoms with Crippen molar-refractivity contribution in [1.82, 2.24) is 5.32 Å². The number of hydrogen-bond acceptors (Lipinski definition) is 2. The lowest BCUT2D eigenvalue weighted by Crippen LogP contribution is -2.38. The first kappa shape index (κ1) is 18.0. The summed E-state index contributed by atoms with van der Waals surface area (Å²) in [6.45, 7) is 0.459. The number of carbonyl (C=O) groups excluding carboxylic acids is 1. The quantitative estimate of drug-likeness (QED) is 0.810. The maximum Gasteiger partial charge on any atom is 0.230 e. The van der Waals surface area contributed by atoms with Gasteiger partial charge < -0.3 is 11.1 Å². The van der Waals surface area contributed by atoms with Crippen molar-refractivity contribution in [3.63, 3.8) is 0 Å². The molecule has 3 N–H and O–H groups in total. The Kier molecular flexibility index (Phi) is 5.84. The summed E-state index contributed by atoms with van der Waals surface area (Å²) in [5.74, 6) is 0.0844. The first-order valence-corrected chi connectivity index (χ1v) is 8.26. The molecule has 1 amide bonds. The average molecular weight is 396 g/mol. The maximum atomic E-state index is 12.6. The average Bonchev–Trinajstić information content (AvgIpc) is 3.35. The Morgan fingerprint density at radius 2 is 1.74 bits per heavy atom.